The Morgan fingerprint density at radius 3 is 2.54 bits per heavy atom. The first kappa shape index (κ1) is 18.4. The van der Waals surface area contributed by atoms with Gasteiger partial charge in [-0.05, 0) is 31.9 Å². The number of piperidine rings is 1. The molecule has 1 heterocycles. The molecule has 2 atom stereocenters. The molecule has 2 rings (SSSR count). The first-order valence-corrected chi connectivity index (χ1v) is 8.42. The minimum absolute atomic E-state index is 0.0140. The van der Waals surface area contributed by atoms with E-state index >= 15 is 0 Å². The molecule has 0 aromatic heterocycles. The van der Waals surface area contributed by atoms with Gasteiger partial charge in [0.2, 0.25) is 5.75 Å². The summed E-state index contributed by atoms with van der Waals surface area (Å²) in [6.07, 6.45) is 1.93. The second kappa shape index (κ2) is 8.78. The molecule has 0 aliphatic carbocycles. The summed E-state index contributed by atoms with van der Waals surface area (Å²) in [7, 11) is 4.85. The van der Waals surface area contributed by atoms with Crippen molar-refractivity contribution < 1.29 is 28.6 Å². The molecule has 1 aliphatic heterocycles. The minimum atomic E-state index is -0.0750. The molecular formula is C18H28NO5+. The van der Waals surface area contributed by atoms with Crippen molar-refractivity contribution in [2.24, 2.45) is 5.92 Å². The average molecular weight is 338 g/mol. The van der Waals surface area contributed by atoms with Crippen molar-refractivity contribution in [3.63, 3.8) is 0 Å². The molecule has 134 valence electrons. The first-order chi connectivity index (χ1) is 11.6. The van der Waals surface area contributed by atoms with Gasteiger partial charge < -0.3 is 23.8 Å². The third-order valence-corrected chi connectivity index (χ3v) is 4.46. The lowest BCUT2D eigenvalue weighted by Gasteiger charge is -2.29. The van der Waals surface area contributed by atoms with Crippen molar-refractivity contribution >= 4 is 5.97 Å². The Balaban J connectivity index is 2.14. The Kier molecular flexibility index (Phi) is 6.73. The summed E-state index contributed by atoms with van der Waals surface area (Å²) in [4.78, 5) is 13.4. The minimum Gasteiger partial charge on any atom is -0.493 e. The van der Waals surface area contributed by atoms with E-state index in [-0.39, 0.29) is 11.9 Å². The van der Waals surface area contributed by atoms with Crippen LogP contribution in [0.4, 0.5) is 0 Å². The van der Waals surface area contributed by atoms with E-state index in [2.05, 4.69) is 0 Å². The zero-order valence-electron chi connectivity index (χ0n) is 15.0. The summed E-state index contributed by atoms with van der Waals surface area (Å²) in [6.45, 7) is 4.89. The summed E-state index contributed by atoms with van der Waals surface area (Å²) in [5, 5.41) is 0. The highest BCUT2D eigenvalue weighted by Crippen LogP contribution is 2.39. The fourth-order valence-corrected chi connectivity index (χ4v) is 3.34. The second-order valence-electron chi connectivity index (χ2n) is 5.97. The monoisotopic (exact) mass is 338 g/mol. The molecule has 1 saturated heterocycles. The number of esters is 1. The number of hydrogen-bond acceptors (Lipinski definition) is 5. The Morgan fingerprint density at radius 1 is 1.17 bits per heavy atom. The van der Waals surface area contributed by atoms with Crippen LogP contribution in [0.25, 0.3) is 0 Å². The van der Waals surface area contributed by atoms with Crippen LogP contribution in [0, 0.1) is 5.92 Å². The molecular weight excluding hydrogens is 310 g/mol. The van der Waals surface area contributed by atoms with Gasteiger partial charge in [0.25, 0.3) is 0 Å². The van der Waals surface area contributed by atoms with Crippen LogP contribution in [0.3, 0.4) is 0 Å². The number of benzene rings is 1. The number of methoxy groups -OCH3 is 3. The number of carbonyl (C=O) groups excluding carboxylic acids is 1. The van der Waals surface area contributed by atoms with Gasteiger partial charge in [-0.25, -0.2) is 0 Å². The number of nitrogens with one attached hydrogen (secondary N) is 1. The van der Waals surface area contributed by atoms with Gasteiger partial charge in [-0.2, -0.15) is 0 Å². The maximum Gasteiger partial charge on any atom is 0.314 e. The molecule has 1 aliphatic rings. The van der Waals surface area contributed by atoms with E-state index in [1.54, 1.807) is 21.3 Å². The van der Waals surface area contributed by atoms with Crippen LogP contribution >= 0.6 is 0 Å². The quantitative estimate of drug-likeness (QED) is 0.754. The van der Waals surface area contributed by atoms with Crippen molar-refractivity contribution in [1.82, 2.24) is 0 Å². The fraction of sp³-hybridized carbons (Fsp3) is 0.611. The third-order valence-electron chi connectivity index (χ3n) is 4.46. The van der Waals surface area contributed by atoms with Crippen molar-refractivity contribution in [2.45, 2.75) is 26.3 Å². The highest BCUT2D eigenvalue weighted by molar-refractivity contribution is 5.72. The lowest BCUT2D eigenvalue weighted by Crippen LogP contribution is -3.12. The molecule has 1 fully saturated rings. The standard InChI is InChI=1S/C18H27NO5/c1-5-24-18(20)14-7-6-10-19(12-14)11-13-8-9-15(21-2)17(23-4)16(13)22-3/h8-9,14H,5-7,10-12H2,1-4H3/p+1. The number of rotatable bonds is 7. The van der Waals surface area contributed by atoms with Crippen molar-refractivity contribution in [1.29, 1.82) is 0 Å². The van der Waals surface area contributed by atoms with Crippen LogP contribution in [0.5, 0.6) is 17.2 Å². The normalized spacial score (nSPS) is 20.3. The van der Waals surface area contributed by atoms with Gasteiger partial charge in [-0.15, -0.1) is 0 Å². The van der Waals surface area contributed by atoms with Gasteiger partial charge in [-0.1, -0.05) is 0 Å². The predicted octanol–water partition coefficient (Wildman–Crippen LogP) is 1.07. The largest absolute Gasteiger partial charge is 0.493 e. The summed E-state index contributed by atoms with van der Waals surface area (Å²) in [6, 6.07) is 3.89. The molecule has 2 unspecified atom stereocenters. The summed E-state index contributed by atoms with van der Waals surface area (Å²) >= 11 is 0. The van der Waals surface area contributed by atoms with Gasteiger partial charge in [0.05, 0.1) is 46.6 Å². The van der Waals surface area contributed by atoms with Crippen LogP contribution in [-0.2, 0) is 16.1 Å². The first-order valence-electron chi connectivity index (χ1n) is 8.42. The molecule has 1 aromatic rings. The second-order valence-corrected chi connectivity index (χ2v) is 5.97. The summed E-state index contributed by atoms with van der Waals surface area (Å²) in [5.74, 6) is 1.86. The summed E-state index contributed by atoms with van der Waals surface area (Å²) in [5.41, 5.74) is 1.05. The smallest absolute Gasteiger partial charge is 0.314 e. The molecule has 6 heteroatoms. The molecule has 0 radical (unpaired) electrons. The number of likely N-dealkylation sites (tertiary alicyclic amines) is 1. The molecule has 0 saturated carbocycles. The molecule has 1 N–H and O–H groups in total. The summed E-state index contributed by atoms with van der Waals surface area (Å²) < 4.78 is 21.5. The van der Waals surface area contributed by atoms with E-state index in [9.17, 15) is 4.79 Å². The Labute approximate surface area is 143 Å². The lowest BCUT2D eigenvalue weighted by molar-refractivity contribution is -0.921. The van der Waals surface area contributed by atoms with Crippen LogP contribution in [-0.4, -0.2) is 47.0 Å². The van der Waals surface area contributed by atoms with E-state index in [1.165, 1.54) is 4.90 Å². The molecule has 0 spiro atoms. The van der Waals surface area contributed by atoms with Crippen LogP contribution in [0.15, 0.2) is 12.1 Å². The molecule has 0 amide bonds. The van der Waals surface area contributed by atoms with E-state index in [4.69, 9.17) is 18.9 Å². The van der Waals surface area contributed by atoms with E-state index in [1.807, 2.05) is 19.1 Å². The van der Waals surface area contributed by atoms with Gasteiger partial charge in [0.15, 0.2) is 11.5 Å². The molecule has 24 heavy (non-hydrogen) atoms. The van der Waals surface area contributed by atoms with Crippen LogP contribution < -0.4 is 19.1 Å². The zero-order chi connectivity index (χ0) is 17.5. The zero-order valence-corrected chi connectivity index (χ0v) is 15.0. The number of hydrogen-bond donors (Lipinski definition) is 1. The highest BCUT2D eigenvalue weighted by Gasteiger charge is 2.30. The number of ether oxygens (including phenoxy) is 4. The number of quaternary nitrogens is 1. The Morgan fingerprint density at radius 2 is 1.92 bits per heavy atom. The van der Waals surface area contributed by atoms with E-state index in [0.29, 0.717) is 23.9 Å². The number of carbonyl (C=O) groups is 1. The lowest BCUT2D eigenvalue weighted by atomic mass is 9.97. The average Bonchev–Trinajstić information content (AvgIpc) is 2.61. The van der Waals surface area contributed by atoms with Crippen molar-refractivity contribution in [3.8, 4) is 17.2 Å². The maximum absolute atomic E-state index is 12.0. The van der Waals surface area contributed by atoms with E-state index < -0.39 is 0 Å². The Bertz CT molecular complexity index is 561. The van der Waals surface area contributed by atoms with Gasteiger partial charge >= 0.3 is 5.97 Å². The van der Waals surface area contributed by atoms with Gasteiger partial charge in [-0.3, -0.25) is 4.79 Å². The molecule has 6 nitrogen and oxygen atoms in total. The fourth-order valence-electron chi connectivity index (χ4n) is 3.34. The van der Waals surface area contributed by atoms with Crippen molar-refractivity contribution in [2.75, 3.05) is 41.0 Å². The SMILES string of the molecule is CCOC(=O)C1CCC[NH+](Cc2ccc(OC)c(OC)c2OC)C1. The van der Waals surface area contributed by atoms with Crippen LogP contribution in [0.1, 0.15) is 25.3 Å². The van der Waals surface area contributed by atoms with Gasteiger partial charge in [0.1, 0.15) is 12.5 Å². The van der Waals surface area contributed by atoms with Crippen LogP contribution in [0.2, 0.25) is 0 Å². The van der Waals surface area contributed by atoms with E-state index in [0.717, 1.165) is 38.0 Å². The highest BCUT2D eigenvalue weighted by atomic mass is 16.5. The third kappa shape index (κ3) is 4.12. The maximum atomic E-state index is 12.0. The molecule has 0 bridgehead atoms. The Hall–Kier alpha value is -1.95. The van der Waals surface area contributed by atoms with Crippen molar-refractivity contribution in [3.05, 3.63) is 17.7 Å². The predicted molar refractivity (Wildman–Crippen MR) is 89.9 cm³/mol. The topological polar surface area (TPSA) is 58.4 Å². The van der Waals surface area contributed by atoms with Gasteiger partial charge in [0, 0.05) is 0 Å². The molecule has 1 aromatic carbocycles.